The van der Waals surface area contributed by atoms with Gasteiger partial charge in [-0.1, -0.05) is 52.6 Å². The minimum absolute atomic E-state index is 0.0698. The summed E-state index contributed by atoms with van der Waals surface area (Å²) in [7, 11) is 0. The standard InChI is InChI=1S/C21H21Cl2N5O2/c22-16-5-3-4-15(12-16)21-25-20(30-26-21)14-28-10-8-27(9-11-28)13-19(29)24-18-7-2-1-6-17(18)23/h1-7,12H,8-11,13-14H2,(H,24,29). The summed E-state index contributed by atoms with van der Waals surface area (Å²) >= 11 is 12.1. The van der Waals surface area contributed by atoms with E-state index in [2.05, 4.69) is 25.3 Å². The second-order valence-electron chi connectivity index (χ2n) is 7.10. The highest BCUT2D eigenvalue weighted by Gasteiger charge is 2.21. The summed E-state index contributed by atoms with van der Waals surface area (Å²) in [6, 6.07) is 14.6. The van der Waals surface area contributed by atoms with Crippen molar-refractivity contribution >= 4 is 34.8 Å². The van der Waals surface area contributed by atoms with Crippen LogP contribution in [0.25, 0.3) is 11.4 Å². The number of nitrogens with zero attached hydrogens (tertiary/aromatic N) is 4. The van der Waals surface area contributed by atoms with Gasteiger partial charge in [0, 0.05) is 36.8 Å². The molecule has 2 heterocycles. The fraction of sp³-hybridized carbons (Fsp3) is 0.286. The van der Waals surface area contributed by atoms with E-state index in [1.54, 1.807) is 18.2 Å². The quantitative estimate of drug-likeness (QED) is 0.621. The molecule has 1 fully saturated rings. The minimum atomic E-state index is -0.0698. The summed E-state index contributed by atoms with van der Waals surface area (Å²) in [5.41, 5.74) is 1.46. The lowest BCUT2D eigenvalue weighted by molar-refractivity contribution is -0.117. The molecular formula is C21H21Cl2N5O2. The first-order valence-corrected chi connectivity index (χ1v) is 10.4. The molecule has 156 valence electrons. The predicted octanol–water partition coefficient (Wildman–Crippen LogP) is 3.80. The lowest BCUT2D eigenvalue weighted by Gasteiger charge is -2.33. The molecule has 0 radical (unpaired) electrons. The molecule has 2 aromatic carbocycles. The number of carbonyl (C=O) groups excluding carboxylic acids is 1. The zero-order valence-electron chi connectivity index (χ0n) is 16.2. The van der Waals surface area contributed by atoms with Crippen molar-refractivity contribution in [2.75, 3.05) is 38.0 Å². The molecule has 0 saturated carbocycles. The number of hydrogen-bond acceptors (Lipinski definition) is 6. The molecular weight excluding hydrogens is 425 g/mol. The molecule has 30 heavy (non-hydrogen) atoms. The number of benzene rings is 2. The maximum Gasteiger partial charge on any atom is 0.241 e. The lowest BCUT2D eigenvalue weighted by atomic mass is 10.2. The van der Waals surface area contributed by atoms with Crippen LogP contribution in [0.15, 0.2) is 53.1 Å². The van der Waals surface area contributed by atoms with Gasteiger partial charge in [0.1, 0.15) is 0 Å². The zero-order chi connectivity index (χ0) is 20.9. The Morgan fingerprint density at radius 2 is 1.80 bits per heavy atom. The van der Waals surface area contributed by atoms with Crippen LogP contribution in [0.2, 0.25) is 10.0 Å². The van der Waals surface area contributed by atoms with E-state index in [9.17, 15) is 4.79 Å². The number of nitrogens with one attached hydrogen (secondary N) is 1. The van der Waals surface area contributed by atoms with Gasteiger partial charge in [0.15, 0.2) is 0 Å². The molecule has 0 atom stereocenters. The highest BCUT2D eigenvalue weighted by molar-refractivity contribution is 6.33. The smallest absolute Gasteiger partial charge is 0.241 e. The number of hydrogen-bond donors (Lipinski definition) is 1. The monoisotopic (exact) mass is 445 g/mol. The van der Waals surface area contributed by atoms with Crippen molar-refractivity contribution in [3.8, 4) is 11.4 Å². The number of amides is 1. The Balaban J connectivity index is 1.25. The van der Waals surface area contributed by atoms with E-state index in [1.807, 2.05) is 30.3 Å². The van der Waals surface area contributed by atoms with E-state index in [0.717, 1.165) is 31.7 Å². The van der Waals surface area contributed by atoms with Crippen LogP contribution >= 0.6 is 23.2 Å². The summed E-state index contributed by atoms with van der Waals surface area (Å²) < 4.78 is 5.39. The van der Waals surface area contributed by atoms with Gasteiger partial charge in [-0.15, -0.1) is 0 Å². The number of anilines is 1. The number of carbonyl (C=O) groups is 1. The van der Waals surface area contributed by atoms with Gasteiger partial charge in [-0.2, -0.15) is 4.98 Å². The molecule has 1 amide bonds. The van der Waals surface area contributed by atoms with Crippen molar-refractivity contribution in [2.24, 2.45) is 0 Å². The first-order valence-electron chi connectivity index (χ1n) is 9.64. The van der Waals surface area contributed by atoms with Crippen LogP contribution in [0.3, 0.4) is 0 Å². The molecule has 3 aromatic rings. The second kappa shape index (κ2) is 9.57. The number of para-hydroxylation sites is 1. The Bertz CT molecular complexity index is 1020. The molecule has 9 heteroatoms. The third-order valence-electron chi connectivity index (χ3n) is 4.89. The van der Waals surface area contributed by atoms with Crippen molar-refractivity contribution in [2.45, 2.75) is 6.54 Å². The summed E-state index contributed by atoms with van der Waals surface area (Å²) in [6.45, 7) is 4.10. The highest BCUT2D eigenvalue weighted by atomic mass is 35.5. The van der Waals surface area contributed by atoms with Crippen molar-refractivity contribution in [1.82, 2.24) is 19.9 Å². The van der Waals surface area contributed by atoms with E-state index >= 15 is 0 Å². The van der Waals surface area contributed by atoms with Crippen LogP contribution < -0.4 is 5.32 Å². The zero-order valence-corrected chi connectivity index (χ0v) is 17.7. The van der Waals surface area contributed by atoms with Gasteiger partial charge in [-0.25, -0.2) is 0 Å². The molecule has 0 bridgehead atoms. The Hall–Kier alpha value is -2.45. The second-order valence-corrected chi connectivity index (χ2v) is 7.95. The van der Waals surface area contributed by atoms with E-state index in [1.165, 1.54) is 0 Å². The fourth-order valence-corrected chi connectivity index (χ4v) is 3.69. The molecule has 4 rings (SSSR count). The molecule has 1 N–H and O–H groups in total. The van der Waals surface area contributed by atoms with Gasteiger partial charge in [0.05, 0.1) is 23.8 Å². The Kier molecular flexibility index (Phi) is 6.64. The molecule has 0 spiro atoms. The van der Waals surface area contributed by atoms with E-state index in [4.69, 9.17) is 27.7 Å². The average molecular weight is 446 g/mol. The third kappa shape index (κ3) is 5.37. The number of rotatable bonds is 6. The van der Waals surface area contributed by atoms with E-state index in [-0.39, 0.29) is 5.91 Å². The Morgan fingerprint density at radius 1 is 1.03 bits per heavy atom. The van der Waals surface area contributed by atoms with Gasteiger partial charge in [0.2, 0.25) is 17.6 Å². The van der Waals surface area contributed by atoms with Gasteiger partial charge in [-0.05, 0) is 24.3 Å². The van der Waals surface area contributed by atoms with Crippen molar-refractivity contribution < 1.29 is 9.32 Å². The van der Waals surface area contributed by atoms with E-state index < -0.39 is 0 Å². The maximum absolute atomic E-state index is 12.3. The normalized spacial score (nSPS) is 15.3. The largest absolute Gasteiger partial charge is 0.338 e. The first kappa shape index (κ1) is 20.8. The summed E-state index contributed by atoms with van der Waals surface area (Å²) in [5.74, 6) is 1.02. The van der Waals surface area contributed by atoms with Crippen LogP contribution in [0, 0.1) is 0 Å². The predicted molar refractivity (Wildman–Crippen MR) is 117 cm³/mol. The fourth-order valence-electron chi connectivity index (χ4n) is 3.32. The molecule has 1 aliphatic heterocycles. The van der Waals surface area contributed by atoms with Gasteiger partial charge < -0.3 is 9.84 Å². The first-order chi connectivity index (χ1) is 14.6. The van der Waals surface area contributed by atoms with Crippen LogP contribution in [0.5, 0.6) is 0 Å². The highest BCUT2D eigenvalue weighted by Crippen LogP contribution is 2.21. The van der Waals surface area contributed by atoms with Crippen LogP contribution in [0.1, 0.15) is 5.89 Å². The SMILES string of the molecule is O=C(CN1CCN(Cc2nc(-c3cccc(Cl)c3)no2)CC1)Nc1ccccc1Cl. The summed E-state index contributed by atoms with van der Waals surface area (Å²) in [6.07, 6.45) is 0. The van der Waals surface area contributed by atoms with Gasteiger partial charge in [-0.3, -0.25) is 14.6 Å². The Morgan fingerprint density at radius 3 is 2.57 bits per heavy atom. The average Bonchev–Trinajstić information content (AvgIpc) is 3.20. The minimum Gasteiger partial charge on any atom is -0.338 e. The van der Waals surface area contributed by atoms with E-state index in [0.29, 0.717) is 40.5 Å². The van der Waals surface area contributed by atoms with Crippen LogP contribution in [-0.2, 0) is 11.3 Å². The van der Waals surface area contributed by atoms with Crippen molar-refractivity contribution in [3.63, 3.8) is 0 Å². The number of piperazine rings is 1. The molecule has 0 unspecified atom stereocenters. The van der Waals surface area contributed by atoms with Crippen molar-refractivity contribution in [3.05, 3.63) is 64.5 Å². The number of aromatic nitrogens is 2. The summed E-state index contributed by atoms with van der Waals surface area (Å²) in [5, 5.41) is 8.08. The number of halogens is 2. The van der Waals surface area contributed by atoms with Gasteiger partial charge >= 0.3 is 0 Å². The topological polar surface area (TPSA) is 74.5 Å². The van der Waals surface area contributed by atoms with Crippen molar-refractivity contribution in [1.29, 1.82) is 0 Å². The van der Waals surface area contributed by atoms with Crippen LogP contribution in [0.4, 0.5) is 5.69 Å². The molecule has 0 aliphatic carbocycles. The Labute approximate surface area is 184 Å². The van der Waals surface area contributed by atoms with Gasteiger partial charge in [0.25, 0.3) is 0 Å². The third-order valence-corrected chi connectivity index (χ3v) is 5.45. The molecule has 1 aromatic heterocycles. The molecule has 1 saturated heterocycles. The molecule has 7 nitrogen and oxygen atoms in total. The lowest BCUT2D eigenvalue weighted by Crippen LogP contribution is -2.48. The van der Waals surface area contributed by atoms with Crippen LogP contribution in [-0.4, -0.2) is 58.6 Å². The summed E-state index contributed by atoms with van der Waals surface area (Å²) in [4.78, 5) is 21.1. The maximum atomic E-state index is 12.3. The molecule has 1 aliphatic rings.